The molecule has 0 bridgehead atoms. The first-order chi connectivity index (χ1) is 20.0. The molecule has 10 nitrogen and oxygen atoms in total. The maximum absolute atomic E-state index is 13.0. The molecule has 0 radical (unpaired) electrons. The topological polar surface area (TPSA) is 163 Å². The smallest absolute Gasteiger partial charge is 0.416 e. The highest BCUT2D eigenvalue weighted by molar-refractivity contribution is 5.94. The summed E-state index contributed by atoms with van der Waals surface area (Å²) >= 11 is 0. The predicted octanol–water partition coefficient (Wildman–Crippen LogP) is -3.03. The number of carbonyl (C=O) groups excluding carboxylic acids is 4. The first-order valence-electron chi connectivity index (χ1n) is 13.7. The van der Waals surface area contributed by atoms with Crippen molar-refractivity contribution >= 4 is 23.6 Å². The maximum Gasteiger partial charge on any atom is 0.416 e. The summed E-state index contributed by atoms with van der Waals surface area (Å²) in [6.45, 7) is 5.19. The fourth-order valence-corrected chi connectivity index (χ4v) is 4.09. The SMILES string of the molecule is [CH2+]CCN(CC[NH3+])C(=O)CC([NH3+])C(=O)NC(CCc1ccccc1)C(=O)NCCNC(=O)c1ccc(C(F)(F)F)cc1.[Cl-]. The Morgan fingerprint density at radius 1 is 0.907 bits per heavy atom. The van der Waals surface area contributed by atoms with Crippen LogP contribution < -0.4 is 39.8 Å². The molecule has 0 aliphatic heterocycles. The summed E-state index contributed by atoms with van der Waals surface area (Å²) in [6, 6.07) is 11.3. The van der Waals surface area contributed by atoms with Crippen molar-refractivity contribution in [1.29, 1.82) is 0 Å². The Labute approximate surface area is 255 Å². The van der Waals surface area contributed by atoms with Gasteiger partial charge in [-0.05, 0) is 42.7 Å². The number of aryl methyl sites for hydroxylation is 1. The summed E-state index contributed by atoms with van der Waals surface area (Å²) in [7, 11) is 0. The fourth-order valence-electron chi connectivity index (χ4n) is 4.09. The van der Waals surface area contributed by atoms with Crippen LogP contribution in [0.3, 0.4) is 0 Å². The standard InChI is InChI=1S/C29H37F3N6O4.ClH/c1-2-17-38(18-14-33)25(39)19-23(34)27(41)37-24(13-8-20-6-4-3-5-7-20)28(42)36-16-15-35-26(40)21-9-11-22(12-10-21)29(30,31)32;/h3-7,9-12,23-24H,1-2,8,13-19,33-34H2,(H2-,35,36,37,40,41,42);1H/p+2. The Kier molecular flexibility index (Phi) is 16.2. The van der Waals surface area contributed by atoms with Crippen molar-refractivity contribution in [1.82, 2.24) is 20.9 Å². The average Bonchev–Trinajstić information content (AvgIpc) is 2.97. The molecule has 0 aromatic heterocycles. The van der Waals surface area contributed by atoms with Crippen molar-refractivity contribution in [3.05, 3.63) is 78.2 Å². The third kappa shape index (κ3) is 12.9. The van der Waals surface area contributed by atoms with Gasteiger partial charge in [0.05, 0.1) is 38.5 Å². The van der Waals surface area contributed by atoms with E-state index in [0.717, 1.165) is 29.8 Å². The monoisotopic (exact) mass is 628 g/mol. The molecule has 2 rings (SSSR count). The van der Waals surface area contributed by atoms with Crippen LogP contribution in [0, 0.1) is 6.92 Å². The highest BCUT2D eigenvalue weighted by Gasteiger charge is 2.30. The van der Waals surface area contributed by atoms with Gasteiger partial charge in [-0.15, -0.1) is 0 Å². The first kappa shape index (κ1) is 37.2. The van der Waals surface area contributed by atoms with Gasteiger partial charge in [-0.1, -0.05) is 30.3 Å². The molecule has 0 spiro atoms. The summed E-state index contributed by atoms with van der Waals surface area (Å²) in [5, 5.41) is 7.90. The van der Waals surface area contributed by atoms with Gasteiger partial charge in [0.1, 0.15) is 12.5 Å². The maximum atomic E-state index is 13.0. The van der Waals surface area contributed by atoms with E-state index < -0.39 is 41.5 Å². The largest absolute Gasteiger partial charge is 1.00 e. The molecule has 0 heterocycles. The molecule has 0 fully saturated rings. The molecule has 2 aromatic rings. The molecule has 236 valence electrons. The number of carbonyl (C=O) groups is 4. The molecule has 0 aliphatic carbocycles. The van der Waals surface area contributed by atoms with E-state index in [0.29, 0.717) is 32.5 Å². The van der Waals surface area contributed by atoms with E-state index in [1.165, 1.54) is 0 Å². The average molecular weight is 629 g/mol. The van der Waals surface area contributed by atoms with E-state index in [1.807, 2.05) is 30.3 Å². The van der Waals surface area contributed by atoms with Crippen LogP contribution in [0.1, 0.15) is 40.7 Å². The summed E-state index contributed by atoms with van der Waals surface area (Å²) < 4.78 is 38.2. The van der Waals surface area contributed by atoms with Crippen LogP contribution >= 0.6 is 0 Å². The van der Waals surface area contributed by atoms with Crippen molar-refractivity contribution in [3.63, 3.8) is 0 Å². The third-order valence-electron chi connectivity index (χ3n) is 6.38. The number of nitrogens with one attached hydrogen (secondary N) is 3. The number of rotatable bonds is 16. The van der Waals surface area contributed by atoms with Crippen molar-refractivity contribution in [2.75, 3.05) is 32.7 Å². The van der Waals surface area contributed by atoms with E-state index in [-0.39, 0.29) is 49.8 Å². The molecule has 2 atom stereocenters. The number of nitrogens with zero attached hydrogens (tertiary/aromatic N) is 1. The molecule has 14 heteroatoms. The summed E-state index contributed by atoms with van der Waals surface area (Å²) in [4.78, 5) is 52.5. The minimum absolute atomic E-state index is 0. The number of hydrogen-bond acceptors (Lipinski definition) is 4. The normalized spacial score (nSPS) is 12.3. The lowest BCUT2D eigenvalue weighted by molar-refractivity contribution is -0.403. The van der Waals surface area contributed by atoms with Gasteiger partial charge >= 0.3 is 6.18 Å². The van der Waals surface area contributed by atoms with E-state index in [9.17, 15) is 32.3 Å². The molecule has 2 aromatic carbocycles. The van der Waals surface area contributed by atoms with Gasteiger partial charge < -0.3 is 44.7 Å². The number of amides is 4. The predicted molar refractivity (Wildman–Crippen MR) is 149 cm³/mol. The Balaban J connectivity index is 0.00000924. The molecule has 43 heavy (non-hydrogen) atoms. The summed E-state index contributed by atoms with van der Waals surface area (Å²) in [5.74, 6) is -1.87. The van der Waals surface area contributed by atoms with E-state index >= 15 is 0 Å². The van der Waals surface area contributed by atoms with Crippen LogP contribution in [0.5, 0.6) is 0 Å². The quantitative estimate of drug-likeness (QED) is 0.0988. The minimum Gasteiger partial charge on any atom is -1.00 e. The van der Waals surface area contributed by atoms with Crippen LogP contribution in [0.15, 0.2) is 54.6 Å². The number of hydrogen-bond donors (Lipinski definition) is 5. The van der Waals surface area contributed by atoms with Crippen molar-refractivity contribution < 1.29 is 56.2 Å². The van der Waals surface area contributed by atoms with Crippen molar-refractivity contribution in [2.45, 2.75) is 43.9 Å². The molecule has 0 aliphatic rings. The molecular formula is C29H40ClF3N6O4+2. The lowest BCUT2D eigenvalue weighted by Gasteiger charge is -2.22. The molecule has 4 amide bonds. The van der Waals surface area contributed by atoms with E-state index in [1.54, 1.807) is 4.90 Å². The summed E-state index contributed by atoms with van der Waals surface area (Å²) in [5.41, 5.74) is 7.73. The zero-order valence-corrected chi connectivity index (χ0v) is 24.7. The van der Waals surface area contributed by atoms with Crippen LogP contribution in [0.4, 0.5) is 13.2 Å². The highest BCUT2D eigenvalue weighted by atomic mass is 35.5. The second kappa shape index (κ2) is 18.7. The number of benzene rings is 2. The van der Waals surface area contributed by atoms with Gasteiger partial charge in [-0.2, -0.15) is 13.2 Å². The third-order valence-corrected chi connectivity index (χ3v) is 6.38. The van der Waals surface area contributed by atoms with Crippen LogP contribution in [0.25, 0.3) is 0 Å². The van der Waals surface area contributed by atoms with Gasteiger partial charge in [0.2, 0.25) is 11.8 Å². The van der Waals surface area contributed by atoms with Crippen LogP contribution in [-0.4, -0.2) is 73.3 Å². The second-order valence-corrected chi connectivity index (χ2v) is 9.70. The van der Waals surface area contributed by atoms with E-state index in [4.69, 9.17) is 0 Å². The fraction of sp³-hybridized carbons (Fsp3) is 0.414. The van der Waals surface area contributed by atoms with Gasteiger partial charge in [-0.3, -0.25) is 19.2 Å². The Hall–Kier alpha value is -3.81. The second-order valence-electron chi connectivity index (χ2n) is 9.70. The zero-order valence-electron chi connectivity index (χ0n) is 23.9. The van der Waals surface area contributed by atoms with Crippen LogP contribution in [-0.2, 0) is 27.0 Å². The van der Waals surface area contributed by atoms with E-state index in [2.05, 4.69) is 34.3 Å². The Bertz CT molecular complexity index is 1160. The molecule has 2 unspecified atom stereocenters. The number of halogens is 4. The van der Waals surface area contributed by atoms with Gasteiger partial charge in [-0.25, -0.2) is 0 Å². The summed E-state index contributed by atoms with van der Waals surface area (Å²) in [6.07, 6.45) is -3.35. The van der Waals surface area contributed by atoms with Gasteiger partial charge in [0, 0.05) is 18.7 Å². The van der Waals surface area contributed by atoms with Crippen molar-refractivity contribution in [2.24, 2.45) is 0 Å². The Morgan fingerprint density at radius 3 is 2.12 bits per heavy atom. The van der Waals surface area contributed by atoms with Crippen molar-refractivity contribution in [3.8, 4) is 0 Å². The Morgan fingerprint density at radius 2 is 1.53 bits per heavy atom. The lowest BCUT2D eigenvalue weighted by Crippen LogP contribution is -3.00. The minimum atomic E-state index is -4.50. The lowest BCUT2D eigenvalue weighted by atomic mass is 10.0. The van der Waals surface area contributed by atoms with Gasteiger partial charge in [0.25, 0.3) is 11.8 Å². The molecule has 0 saturated carbocycles. The highest BCUT2D eigenvalue weighted by Crippen LogP contribution is 2.29. The molecular weight excluding hydrogens is 589 g/mol. The molecule has 9 N–H and O–H groups in total. The number of alkyl halides is 3. The molecule has 0 saturated heterocycles. The van der Waals surface area contributed by atoms with Crippen LogP contribution in [0.2, 0.25) is 0 Å². The number of quaternary nitrogens is 2. The van der Waals surface area contributed by atoms with Gasteiger partial charge in [0.15, 0.2) is 6.04 Å². The first-order valence-corrected chi connectivity index (χ1v) is 13.7. The zero-order chi connectivity index (χ0) is 31.1.